The molecule has 38 heavy (non-hydrogen) atoms. The van der Waals surface area contributed by atoms with Gasteiger partial charge in [-0.15, -0.1) is 6.58 Å². The molecule has 0 spiro atoms. The summed E-state index contributed by atoms with van der Waals surface area (Å²) < 4.78 is 46.8. The SMILES string of the molecule is C=CCNc1ccc(NC(=O)c2cccc3c(Oc4ccnc(C(=O)NC)c4)cccc23)cc1C(F)(F)F. The largest absolute Gasteiger partial charge is 0.457 e. The Morgan fingerprint density at radius 3 is 2.50 bits per heavy atom. The molecule has 0 radical (unpaired) electrons. The van der Waals surface area contributed by atoms with Gasteiger partial charge in [-0.2, -0.15) is 13.2 Å². The molecule has 194 valence electrons. The third-order valence-electron chi connectivity index (χ3n) is 5.57. The lowest BCUT2D eigenvalue weighted by Crippen LogP contribution is -2.18. The van der Waals surface area contributed by atoms with Crippen molar-refractivity contribution >= 4 is 34.0 Å². The molecule has 1 aromatic heterocycles. The van der Waals surface area contributed by atoms with Crippen LogP contribution in [0.25, 0.3) is 10.8 Å². The minimum Gasteiger partial charge on any atom is -0.457 e. The number of pyridine rings is 1. The zero-order chi connectivity index (χ0) is 27.3. The molecule has 0 saturated heterocycles. The van der Waals surface area contributed by atoms with Crippen LogP contribution in [0.5, 0.6) is 11.5 Å². The smallest absolute Gasteiger partial charge is 0.418 e. The number of anilines is 2. The fourth-order valence-corrected chi connectivity index (χ4v) is 3.81. The Morgan fingerprint density at radius 2 is 1.76 bits per heavy atom. The highest BCUT2D eigenvalue weighted by Gasteiger charge is 2.34. The number of rotatable bonds is 8. The van der Waals surface area contributed by atoms with E-state index in [0.29, 0.717) is 22.3 Å². The predicted octanol–water partition coefficient (Wildman–Crippen LogP) is 6.26. The number of hydrogen-bond acceptors (Lipinski definition) is 5. The van der Waals surface area contributed by atoms with Crippen LogP contribution in [0, 0.1) is 0 Å². The van der Waals surface area contributed by atoms with Crippen molar-refractivity contribution in [1.29, 1.82) is 0 Å². The first kappa shape index (κ1) is 26.2. The molecule has 7 nitrogen and oxygen atoms in total. The van der Waals surface area contributed by atoms with Crippen molar-refractivity contribution in [1.82, 2.24) is 10.3 Å². The zero-order valence-corrected chi connectivity index (χ0v) is 20.2. The molecule has 0 atom stereocenters. The second-order valence-electron chi connectivity index (χ2n) is 8.10. The molecular formula is C28H23F3N4O3. The number of benzene rings is 3. The van der Waals surface area contributed by atoms with Crippen LogP contribution in [0.15, 0.2) is 85.6 Å². The third kappa shape index (κ3) is 5.75. The van der Waals surface area contributed by atoms with E-state index in [1.165, 1.54) is 37.5 Å². The summed E-state index contributed by atoms with van der Waals surface area (Å²) in [5, 5.41) is 8.84. The fraction of sp³-hybridized carbons (Fsp3) is 0.107. The summed E-state index contributed by atoms with van der Waals surface area (Å²) in [5.41, 5.74) is -0.600. The van der Waals surface area contributed by atoms with E-state index < -0.39 is 17.6 Å². The van der Waals surface area contributed by atoms with Gasteiger partial charge in [0.2, 0.25) is 0 Å². The molecule has 10 heteroatoms. The van der Waals surface area contributed by atoms with Crippen LogP contribution in [0.2, 0.25) is 0 Å². The number of alkyl halides is 3. The van der Waals surface area contributed by atoms with Crippen LogP contribution in [0.4, 0.5) is 24.5 Å². The van der Waals surface area contributed by atoms with Gasteiger partial charge in [0.15, 0.2) is 0 Å². The predicted molar refractivity (Wildman–Crippen MR) is 140 cm³/mol. The lowest BCUT2D eigenvalue weighted by Gasteiger charge is -2.16. The normalized spacial score (nSPS) is 11.1. The van der Waals surface area contributed by atoms with Gasteiger partial charge in [-0.1, -0.05) is 30.3 Å². The first-order valence-electron chi connectivity index (χ1n) is 11.5. The maximum absolute atomic E-state index is 13.6. The van der Waals surface area contributed by atoms with Gasteiger partial charge in [0.05, 0.1) is 5.56 Å². The summed E-state index contributed by atoms with van der Waals surface area (Å²) in [6.07, 6.45) is -1.73. The Hall–Kier alpha value is -4.86. The standard InChI is InChI=1S/C28H23F3N4O3/c1-3-13-33-23-11-10-17(15-22(23)28(29,30)31)35-26(36)21-8-4-7-20-19(21)6-5-9-25(20)38-18-12-14-34-24(16-18)27(37)32-2/h3-12,14-16,33H,1,13H2,2H3,(H,32,37)(H,35,36). The number of fused-ring (bicyclic) bond motifs is 1. The summed E-state index contributed by atoms with van der Waals surface area (Å²) in [6.45, 7) is 3.65. The van der Waals surface area contributed by atoms with Crippen LogP contribution in [0.3, 0.4) is 0 Å². The molecule has 0 saturated carbocycles. The second-order valence-corrected chi connectivity index (χ2v) is 8.10. The summed E-state index contributed by atoms with van der Waals surface area (Å²) >= 11 is 0. The van der Waals surface area contributed by atoms with Gasteiger partial charge in [-0.05, 0) is 41.8 Å². The maximum atomic E-state index is 13.6. The van der Waals surface area contributed by atoms with Crippen LogP contribution >= 0.6 is 0 Å². The van der Waals surface area contributed by atoms with Crippen molar-refractivity contribution in [3.8, 4) is 11.5 Å². The van der Waals surface area contributed by atoms with Crippen LogP contribution in [0.1, 0.15) is 26.4 Å². The van der Waals surface area contributed by atoms with Gasteiger partial charge < -0.3 is 20.7 Å². The third-order valence-corrected chi connectivity index (χ3v) is 5.57. The van der Waals surface area contributed by atoms with E-state index >= 15 is 0 Å². The van der Waals surface area contributed by atoms with Crippen molar-refractivity contribution in [2.24, 2.45) is 0 Å². The van der Waals surface area contributed by atoms with E-state index in [1.54, 1.807) is 42.5 Å². The molecule has 0 unspecified atom stereocenters. The minimum atomic E-state index is -4.62. The second kappa shape index (κ2) is 11.0. The molecule has 4 rings (SSSR count). The average Bonchev–Trinajstić information content (AvgIpc) is 2.91. The maximum Gasteiger partial charge on any atom is 0.418 e. The van der Waals surface area contributed by atoms with Gasteiger partial charge in [0.1, 0.15) is 17.2 Å². The van der Waals surface area contributed by atoms with E-state index in [-0.39, 0.29) is 35.1 Å². The quantitative estimate of drug-likeness (QED) is 0.239. The number of aromatic nitrogens is 1. The summed E-state index contributed by atoms with van der Waals surface area (Å²) in [7, 11) is 1.49. The van der Waals surface area contributed by atoms with E-state index in [2.05, 4.69) is 27.5 Å². The molecule has 0 fully saturated rings. The number of nitrogens with zero attached hydrogens (tertiary/aromatic N) is 1. The Kier molecular flexibility index (Phi) is 7.61. The molecule has 3 aromatic carbocycles. The highest BCUT2D eigenvalue weighted by atomic mass is 19.4. The molecule has 4 aromatic rings. The molecule has 1 heterocycles. The monoisotopic (exact) mass is 520 g/mol. The lowest BCUT2D eigenvalue weighted by molar-refractivity contribution is -0.136. The van der Waals surface area contributed by atoms with Gasteiger partial charge in [0, 0.05) is 48.2 Å². The van der Waals surface area contributed by atoms with E-state index in [4.69, 9.17) is 4.74 Å². The number of halogens is 3. The van der Waals surface area contributed by atoms with Crippen molar-refractivity contribution in [3.05, 3.63) is 102 Å². The van der Waals surface area contributed by atoms with Crippen LogP contribution < -0.4 is 20.7 Å². The number of carbonyl (C=O) groups is 2. The first-order valence-corrected chi connectivity index (χ1v) is 11.5. The van der Waals surface area contributed by atoms with Crippen LogP contribution in [-0.2, 0) is 6.18 Å². The van der Waals surface area contributed by atoms with E-state index in [0.717, 1.165) is 6.07 Å². The Morgan fingerprint density at radius 1 is 1.00 bits per heavy atom. The lowest BCUT2D eigenvalue weighted by atomic mass is 10.0. The van der Waals surface area contributed by atoms with E-state index in [9.17, 15) is 22.8 Å². The molecular weight excluding hydrogens is 497 g/mol. The summed E-state index contributed by atoms with van der Waals surface area (Å²) in [6, 6.07) is 16.7. The van der Waals surface area contributed by atoms with Gasteiger partial charge in [-0.3, -0.25) is 14.6 Å². The van der Waals surface area contributed by atoms with Crippen molar-refractivity contribution in [2.75, 3.05) is 24.2 Å². The number of nitrogens with one attached hydrogen (secondary N) is 3. The summed E-state index contributed by atoms with van der Waals surface area (Å²) in [4.78, 5) is 29.1. The molecule has 0 aliphatic rings. The highest BCUT2D eigenvalue weighted by Crippen LogP contribution is 2.37. The zero-order valence-electron chi connectivity index (χ0n) is 20.2. The number of ether oxygens (including phenoxy) is 1. The Bertz CT molecular complexity index is 1520. The van der Waals surface area contributed by atoms with Gasteiger partial charge in [0.25, 0.3) is 11.8 Å². The topological polar surface area (TPSA) is 92.3 Å². The Balaban J connectivity index is 1.64. The molecule has 0 aliphatic heterocycles. The minimum absolute atomic E-state index is 0.00518. The van der Waals surface area contributed by atoms with Crippen molar-refractivity contribution in [2.45, 2.75) is 6.18 Å². The molecule has 0 aliphatic carbocycles. The number of hydrogen-bond donors (Lipinski definition) is 3. The molecule has 0 bridgehead atoms. The summed E-state index contributed by atoms with van der Waals surface area (Å²) in [5.74, 6) is -0.169. The van der Waals surface area contributed by atoms with Crippen molar-refractivity contribution < 1.29 is 27.5 Å². The Labute approximate surface area is 216 Å². The van der Waals surface area contributed by atoms with Gasteiger partial charge in [-0.25, -0.2) is 0 Å². The van der Waals surface area contributed by atoms with Crippen LogP contribution in [-0.4, -0.2) is 30.4 Å². The first-order chi connectivity index (χ1) is 18.2. The number of amides is 2. The fourth-order valence-electron chi connectivity index (χ4n) is 3.81. The molecule has 3 N–H and O–H groups in total. The average molecular weight is 521 g/mol. The van der Waals surface area contributed by atoms with Gasteiger partial charge >= 0.3 is 6.18 Å². The van der Waals surface area contributed by atoms with Crippen molar-refractivity contribution in [3.63, 3.8) is 0 Å². The van der Waals surface area contributed by atoms with E-state index in [1.807, 2.05) is 0 Å². The highest BCUT2D eigenvalue weighted by molar-refractivity contribution is 6.13. The molecule has 2 amide bonds. The number of carbonyl (C=O) groups excluding carboxylic acids is 2.